The Kier molecular flexibility index (Phi) is 4.91. The highest BCUT2D eigenvalue weighted by molar-refractivity contribution is 8.00. The van der Waals surface area contributed by atoms with Gasteiger partial charge in [0.1, 0.15) is 5.37 Å². The lowest BCUT2D eigenvalue weighted by Crippen LogP contribution is -2.75. The summed E-state index contributed by atoms with van der Waals surface area (Å²) in [6, 6.07) is 6.88. The van der Waals surface area contributed by atoms with Crippen LogP contribution in [0.4, 0.5) is 0 Å². The van der Waals surface area contributed by atoms with Gasteiger partial charge in [0.05, 0.1) is 11.6 Å². The van der Waals surface area contributed by atoms with Crippen molar-refractivity contribution in [3.05, 3.63) is 29.8 Å². The Morgan fingerprint density at radius 1 is 1.29 bits per heavy atom. The Bertz CT molecular complexity index is 881. The lowest BCUT2D eigenvalue weighted by Gasteiger charge is -2.54. The summed E-state index contributed by atoms with van der Waals surface area (Å²) < 4.78 is 0. The molecule has 2 aliphatic heterocycles. The Labute approximate surface area is 163 Å². The summed E-state index contributed by atoms with van der Waals surface area (Å²) in [5.74, 6) is -4.17. The third-order valence-electron chi connectivity index (χ3n) is 4.62. The predicted octanol–water partition coefficient (Wildman–Crippen LogP) is 0.140. The number of fused-ring (bicyclic) bond motifs is 1. The topological polar surface area (TPSA) is 148 Å². The number of carboxylic acid groups (broad SMARTS) is 2. The van der Waals surface area contributed by atoms with Gasteiger partial charge in [-0.05, 0) is 24.3 Å². The van der Waals surface area contributed by atoms with Gasteiger partial charge >= 0.3 is 11.9 Å². The first-order valence-electron chi connectivity index (χ1n) is 8.08. The molecule has 2 saturated heterocycles. The first kappa shape index (κ1) is 19.5. The van der Waals surface area contributed by atoms with E-state index in [0.717, 1.165) is 21.7 Å². The van der Waals surface area contributed by atoms with Crippen molar-refractivity contribution in [1.82, 2.24) is 9.96 Å². The zero-order valence-electron chi connectivity index (χ0n) is 14.6. The van der Waals surface area contributed by atoms with Gasteiger partial charge in [0.25, 0.3) is 11.8 Å². The Hall–Kier alpha value is -3.26. The van der Waals surface area contributed by atoms with Gasteiger partial charge in [-0.15, -0.1) is 11.8 Å². The fourth-order valence-electron chi connectivity index (χ4n) is 3.01. The van der Waals surface area contributed by atoms with Crippen molar-refractivity contribution in [2.24, 2.45) is 5.41 Å². The van der Waals surface area contributed by atoms with Gasteiger partial charge in [0, 0.05) is 19.2 Å². The van der Waals surface area contributed by atoms with E-state index in [9.17, 15) is 29.4 Å². The molecule has 0 bridgehead atoms. The van der Waals surface area contributed by atoms with E-state index in [4.69, 9.17) is 10.1 Å². The van der Waals surface area contributed by atoms with Gasteiger partial charge < -0.3 is 20.0 Å². The lowest BCUT2D eigenvalue weighted by molar-refractivity contribution is -0.194. The minimum Gasteiger partial charge on any atom is -0.480 e. The molecule has 2 aliphatic rings. The summed E-state index contributed by atoms with van der Waals surface area (Å²) in [5, 5.41) is 27.8. The van der Waals surface area contributed by atoms with Crippen LogP contribution in [0.5, 0.6) is 5.75 Å². The molecule has 2 fully saturated rings. The van der Waals surface area contributed by atoms with Gasteiger partial charge in [-0.25, -0.2) is 0 Å². The number of nitrogens with zero attached hydrogens (tertiary/aromatic N) is 3. The van der Waals surface area contributed by atoms with Gasteiger partial charge in [-0.1, -0.05) is 0 Å². The molecular weight excluding hydrogens is 390 g/mol. The SMILES string of the molecule is CC(=O)N(Oc1ccc(C#N)cc1)C1C(=O)N2CC(C(=O)O)(C(=O)O)CS[C@H]12. The van der Waals surface area contributed by atoms with E-state index in [1.807, 2.05) is 6.07 Å². The number of hydrogen-bond donors (Lipinski definition) is 2. The Morgan fingerprint density at radius 2 is 1.89 bits per heavy atom. The zero-order chi connectivity index (χ0) is 20.6. The first-order chi connectivity index (χ1) is 13.2. The molecule has 1 unspecified atom stereocenters. The average molecular weight is 405 g/mol. The number of amides is 2. The largest absolute Gasteiger partial charge is 0.480 e. The average Bonchev–Trinajstić information content (AvgIpc) is 2.66. The van der Waals surface area contributed by atoms with E-state index in [1.165, 1.54) is 31.2 Å². The van der Waals surface area contributed by atoms with Crippen LogP contribution in [-0.2, 0) is 19.2 Å². The predicted molar refractivity (Wildman–Crippen MR) is 93.8 cm³/mol. The van der Waals surface area contributed by atoms with Crippen molar-refractivity contribution in [3.8, 4) is 11.8 Å². The zero-order valence-corrected chi connectivity index (χ0v) is 15.4. The molecule has 2 heterocycles. The van der Waals surface area contributed by atoms with E-state index < -0.39 is 47.1 Å². The summed E-state index contributed by atoms with van der Waals surface area (Å²) >= 11 is 0.977. The minimum absolute atomic E-state index is 0.242. The molecule has 2 N–H and O–H groups in total. The number of carboxylic acids is 2. The van der Waals surface area contributed by atoms with E-state index in [-0.39, 0.29) is 11.5 Å². The number of benzene rings is 1. The molecule has 2 atom stereocenters. The van der Waals surface area contributed by atoms with Crippen LogP contribution in [0.2, 0.25) is 0 Å². The fraction of sp³-hybridized carbons (Fsp3) is 0.353. The number of rotatable bonds is 5. The number of β-lactam (4-membered cyclic amide) rings is 1. The van der Waals surface area contributed by atoms with Crippen molar-refractivity contribution in [2.45, 2.75) is 18.3 Å². The van der Waals surface area contributed by atoms with Crippen molar-refractivity contribution in [3.63, 3.8) is 0 Å². The number of aliphatic carboxylic acids is 2. The molecule has 3 rings (SSSR count). The fourth-order valence-corrected chi connectivity index (χ4v) is 4.57. The molecule has 1 aromatic carbocycles. The van der Waals surface area contributed by atoms with Crippen LogP contribution < -0.4 is 4.84 Å². The van der Waals surface area contributed by atoms with Crippen LogP contribution in [0, 0.1) is 16.7 Å². The number of carbonyl (C=O) groups excluding carboxylic acids is 2. The normalized spacial score (nSPS) is 22.3. The van der Waals surface area contributed by atoms with Crippen LogP contribution in [0.25, 0.3) is 0 Å². The van der Waals surface area contributed by atoms with Gasteiger partial charge in [0.15, 0.2) is 17.2 Å². The highest BCUT2D eigenvalue weighted by atomic mass is 32.2. The van der Waals surface area contributed by atoms with Crippen LogP contribution in [0.15, 0.2) is 24.3 Å². The molecular formula is C17H15N3O7S. The number of nitriles is 1. The second-order valence-electron chi connectivity index (χ2n) is 6.38. The standard InChI is InChI=1S/C17H15N3O7S/c1-9(21)20(27-11-4-2-10(6-18)3-5-11)12-13(22)19-7-17(15(23)24,16(25)26)8-28-14(12)19/h2-5,12,14H,7-8H2,1H3,(H,23,24)(H,25,26)/t12?,14-/m1/s1. The molecule has 11 heteroatoms. The first-order valence-corrected chi connectivity index (χ1v) is 9.13. The number of hydrogen-bond acceptors (Lipinski definition) is 7. The second kappa shape index (κ2) is 7.05. The summed E-state index contributed by atoms with van der Waals surface area (Å²) in [4.78, 5) is 54.2. The van der Waals surface area contributed by atoms with Gasteiger partial charge in [-0.2, -0.15) is 10.3 Å². The maximum Gasteiger partial charge on any atom is 0.323 e. The quantitative estimate of drug-likeness (QED) is 0.396. The van der Waals surface area contributed by atoms with Crippen LogP contribution in [-0.4, -0.2) is 67.6 Å². The molecule has 0 radical (unpaired) electrons. The van der Waals surface area contributed by atoms with E-state index in [1.54, 1.807) is 0 Å². The van der Waals surface area contributed by atoms with Crippen molar-refractivity contribution in [2.75, 3.05) is 12.3 Å². The summed E-state index contributed by atoms with van der Waals surface area (Å²) in [6.07, 6.45) is 0. The maximum absolute atomic E-state index is 12.6. The maximum atomic E-state index is 12.6. The lowest BCUT2D eigenvalue weighted by atomic mass is 9.87. The van der Waals surface area contributed by atoms with E-state index in [2.05, 4.69) is 0 Å². The molecule has 10 nitrogen and oxygen atoms in total. The molecule has 0 aliphatic carbocycles. The molecule has 146 valence electrons. The van der Waals surface area contributed by atoms with Crippen LogP contribution in [0.1, 0.15) is 12.5 Å². The highest BCUT2D eigenvalue weighted by Crippen LogP contribution is 2.44. The molecule has 2 amide bonds. The number of thioether (sulfide) groups is 1. The minimum atomic E-state index is -2.09. The molecule has 1 aromatic rings. The highest BCUT2D eigenvalue weighted by Gasteiger charge is 2.62. The number of carbonyl (C=O) groups is 4. The van der Waals surface area contributed by atoms with Crippen LogP contribution in [0.3, 0.4) is 0 Å². The Balaban J connectivity index is 1.79. The summed E-state index contributed by atoms with van der Waals surface area (Å²) in [6.45, 7) is 0.735. The van der Waals surface area contributed by atoms with E-state index in [0.29, 0.717) is 5.56 Å². The molecule has 28 heavy (non-hydrogen) atoms. The second-order valence-corrected chi connectivity index (χ2v) is 7.48. The van der Waals surface area contributed by atoms with E-state index >= 15 is 0 Å². The third-order valence-corrected chi connectivity index (χ3v) is 6.14. The van der Waals surface area contributed by atoms with Crippen molar-refractivity contribution >= 4 is 35.5 Å². The Morgan fingerprint density at radius 3 is 2.39 bits per heavy atom. The van der Waals surface area contributed by atoms with Crippen molar-refractivity contribution in [1.29, 1.82) is 5.26 Å². The number of hydroxylamine groups is 2. The molecule has 0 spiro atoms. The summed E-state index contributed by atoms with van der Waals surface area (Å²) in [5.41, 5.74) is -1.69. The van der Waals surface area contributed by atoms with Gasteiger partial charge in [0.2, 0.25) is 0 Å². The monoisotopic (exact) mass is 405 g/mol. The third kappa shape index (κ3) is 3.01. The van der Waals surface area contributed by atoms with Crippen LogP contribution >= 0.6 is 11.8 Å². The smallest absolute Gasteiger partial charge is 0.323 e. The van der Waals surface area contributed by atoms with Gasteiger partial charge in [-0.3, -0.25) is 19.2 Å². The molecule has 0 aromatic heterocycles. The summed E-state index contributed by atoms with van der Waals surface area (Å²) in [7, 11) is 0. The van der Waals surface area contributed by atoms with Crippen molar-refractivity contribution < 1.29 is 34.2 Å². The molecule has 0 saturated carbocycles.